The topological polar surface area (TPSA) is 37.8 Å². The van der Waals surface area contributed by atoms with Crippen molar-refractivity contribution < 1.29 is 0 Å². The van der Waals surface area contributed by atoms with Crippen molar-refractivity contribution in [1.29, 1.82) is 0 Å². The van der Waals surface area contributed by atoms with Crippen LogP contribution in [-0.4, -0.2) is 16.5 Å². The minimum absolute atomic E-state index is 0.160. The predicted molar refractivity (Wildman–Crippen MR) is 86.2 cm³/mol. The second kappa shape index (κ2) is 6.02. The molecular weight excluding hydrogens is 258 g/mol. The van der Waals surface area contributed by atoms with E-state index in [2.05, 4.69) is 59.5 Å². The van der Waals surface area contributed by atoms with Crippen LogP contribution in [0.4, 0.5) is 0 Å². The molecule has 3 heteroatoms. The van der Waals surface area contributed by atoms with Crippen molar-refractivity contribution >= 4 is 10.9 Å². The molecule has 3 aromatic rings. The predicted octanol–water partition coefficient (Wildman–Crippen LogP) is 3.64. The molecule has 0 amide bonds. The number of nitrogens with zero attached hydrogens (tertiary/aromatic N) is 2. The van der Waals surface area contributed by atoms with Gasteiger partial charge in [-0.25, -0.2) is 0 Å². The minimum atomic E-state index is 0.160. The van der Waals surface area contributed by atoms with E-state index < -0.39 is 0 Å². The molecule has 0 spiro atoms. The SMILES string of the molecule is CCNC(c1ccc2ncccc2c1)c1cccnc1C. The van der Waals surface area contributed by atoms with Gasteiger partial charge in [-0.3, -0.25) is 9.97 Å². The molecule has 0 saturated carbocycles. The number of aryl methyl sites for hydroxylation is 1. The average Bonchev–Trinajstić information content (AvgIpc) is 2.53. The molecule has 0 aliphatic carbocycles. The lowest BCUT2D eigenvalue weighted by Crippen LogP contribution is -2.23. The number of hydrogen-bond acceptors (Lipinski definition) is 3. The molecule has 1 atom stereocenters. The van der Waals surface area contributed by atoms with E-state index >= 15 is 0 Å². The number of benzene rings is 1. The summed E-state index contributed by atoms with van der Waals surface area (Å²) in [6.07, 6.45) is 3.67. The Bertz CT molecular complexity index is 752. The first kappa shape index (κ1) is 13.7. The molecule has 0 fully saturated rings. The molecule has 3 nitrogen and oxygen atoms in total. The van der Waals surface area contributed by atoms with Gasteiger partial charge in [0.15, 0.2) is 0 Å². The summed E-state index contributed by atoms with van der Waals surface area (Å²) in [5.74, 6) is 0. The van der Waals surface area contributed by atoms with Crippen LogP contribution < -0.4 is 5.32 Å². The third-order valence-corrected chi connectivity index (χ3v) is 3.73. The lowest BCUT2D eigenvalue weighted by Gasteiger charge is -2.20. The molecule has 0 bridgehead atoms. The average molecular weight is 277 g/mol. The number of nitrogens with one attached hydrogen (secondary N) is 1. The monoisotopic (exact) mass is 277 g/mol. The number of aromatic nitrogens is 2. The fourth-order valence-electron chi connectivity index (χ4n) is 2.69. The van der Waals surface area contributed by atoms with Crippen molar-refractivity contribution in [2.24, 2.45) is 0 Å². The van der Waals surface area contributed by atoms with Gasteiger partial charge in [0.25, 0.3) is 0 Å². The number of rotatable bonds is 4. The summed E-state index contributed by atoms with van der Waals surface area (Å²) in [5.41, 5.74) is 4.56. The molecule has 1 N–H and O–H groups in total. The first-order chi connectivity index (χ1) is 10.3. The molecule has 106 valence electrons. The van der Waals surface area contributed by atoms with Crippen LogP contribution in [0.5, 0.6) is 0 Å². The van der Waals surface area contributed by atoms with Gasteiger partial charge in [-0.1, -0.05) is 25.1 Å². The van der Waals surface area contributed by atoms with Gasteiger partial charge in [0.1, 0.15) is 0 Å². The molecule has 0 saturated heterocycles. The Kier molecular flexibility index (Phi) is 3.93. The highest BCUT2D eigenvalue weighted by atomic mass is 14.9. The van der Waals surface area contributed by atoms with Crippen LogP contribution in [0.25, 0.3) is 10.9 Å². The quantitative estimate of drug-likeness (QED) is 0.791. The Balaban J connectivity index is 2.09. The van der Waals surface area contributed by atoms with E-state index in [0.29, 0.717) is 0 Å². The second-order valence-electron chi connectivity index (χ2n) is 5.12. The smallest absolute Gasteiger partial charge is 0.0702 e. The maximum Gasteiger partial charge on any atom is 0.0702 e. The van der Waals surface area contributed by atoms with E-state index in [9.17, 15) is 0 Å². The highest BCUT2D eigenvalue weighted by Gasteiger charge is 2.15. The van der Waals surface area contributed by atoms with Gasteiger partial charge in [0.05, 0.1) is 11.6 Å². The van der Waals surface area contributed by atoms with E-state index in [-0.39, 0.29) is 6.04 Å². The largest absolute Gasteiger partial charge is 0.306 e. The standard InChI is InChI=1S/C18H19N3/c1-3-19-18(16-7-5-10-20-13(16)2)15-8-9-17-14(12-15)6-4-11-21-17/h4-12,18-19H,3H2,1-2H3. The Morgan fingerprint density at radius 1 is 1.05 bits per heavy atom. The summed E-state index contributed by atoms with van der Waals surface area (Å²) in [4.78, 5) is 8.80. The third kappa shape index (κ3) is 2.78. The maximum absolute atomic E-state index is 4.42. The van der Waals surface area contributed by atoms with E-state index in [1.807, 2.05) is 24.5 Å². The van der Waals surface area contributed by atoms with Crippen molar-refractivity contribution in [3.63, 3.8) is 0 Å². The summed E-state index contributed by atoms with van der Waals surface area (Å²) in [5, 5.41) is 4.73. The fourth-order valence-corrected chi connectivity index (χ4v) is 2.69. The van der Waals surface area contributed by atoms with E-state index in [1.165, 1.54) is 16.5 Å². The van der Waals surface area contributed by atoms with Crippen LogP contribution >= 0.6 is 0 Å². The number of pyridine rings is 2. The lowest BCUT2D eigenvalue weighted by atomic mass is 9.96. The summed E-state index contributed by atoms with van der Waals surface area (Å²) in [7, 11) is 0. The molecule has 21 heavy (non-hydrogen) atoms. The molecule has 3 rings (SSSR count). The molecule has 1 aromatic carbocycles. The summed E-state index contributed by atoms with van der Waals surface area (Å²) >= 11 is 0. The molecule has 1 unspecified atom stereocenters. The summed E-state index contributed by atoms with van der Waals surface area (Å²) in [6, 6.07) is 14.8. The van der Waals surface area contributed by atoms with Gasteiger partial charge >= 0.3 is 0 Å². The van der Waals surface area contributed by atoms with Crippen LogP contribution in [0.2, 0.25) is 0 Å². The fraction of sp³-hybridized carbons (Fsp3) is 0.222. The summed E-state index contributed by atoms with van der Waals surface area (Å²) in [6.45, 7) is 5.09. The minimum Gasteiger partial charge on any atom is -0.306 e. The van der Waals surface area contributed by atoms with Crippen LogP contribution in [0, 0.1) is 6.92 Å². The lowest BCUT2D eigenvalue weighted by molar-refractivity contribution is 0.625. The zero-order chi connectivity index (χ0) is 14.7. The van der Waals surface area contributed by atoms with Crippen molar-refractivity contribution in [3.05, 3.63) is 71.7 Å². The Morgan fingerprint density at radius 2 is 1.86 bits per heavy atom. The maximum atomic E-state index is 4.42. The number of fused-ring (bicyclic) bond motifs is 1. The van der Waals surface area contributed by atoms with Crippen LogP contribution in [0.3, 0.4) is 0 Å². The van der Waals surface area contributed by atoms with Gasteiger partial charge in [-0.2, -0.15) is 0 Å². The second-order valence-corrected chi connectivity index (χ2v) is 5.12. The van der Waals surface area contributed by atoms with Crippen molar-refractivity contribution in [2.75, 3.05) is 6.54 Å². The van der Waals surface area contributed by atoms with Gasteiger partial charge in [0.2, 0.25) is 0 Å². The molecule has 0 aliphatic rings. The third-order valence-electron chi connectivity index (χ3n) is 3.73. The first-order valence-electron chi connectivity index (χ1n) is 7.29. The number of hydrogen-bond donors (Lipinski definition) is 1. The van der Waals surface area contributed by atoms with E-state index in [0.717, 1.165) is 17.8 Å². The highest BCUT2D eigenvalue weighted by Crippen LogP contribution is 2.26. The van der Waals surface area contributed by atoms with Gasteiger partial charge in [-0.05, 0) is 48.9 Å². The molecular formula is C18H19N3. The van der Waals surface area contributed by atoms with E-state index in [4.69, 9.17) is 0 Å². The zero-order valence-electron chi connectivity index (χ0n) is 12.4. The first-order valence-corrected chi connectivity index (χ1v) is 7.29. The zero-order valence-corrected chi connectivity index (χ0v) is 12.4. The molecule has 2 aromatic heterocycles. The van der Waals surface area contributed by atoms with Crippen LogP contribution in [-0.2, 0) is 0 Å². The van der Waals surface area contributed by atoms with Crippen molar-refractivity contribution in [2.45, 2.75) is 19.9 Å². The molecule has 2 heterocycles. The van der Waals surface area contributed by atoms with Gasteiger partial charge in [-0.15, -0.1) is 0 Å². The van der Waals surface area contributed by atoms with Crippen LogP contribution in [0.15, 0.2) is 54.9 Å². The Morgan fingerprint density at radius 3 is 2.67 bits per heavy atom. The van der Waals surface area contributed by atoms with Crippen LogP contribution in [0.1, 0.15) is 29.8 Å². The summed E-state index contributed by atoms with van der Waals surface area (Å²) < 4.78 is 0. The molecule has 0 aliphatic heterocycles. The Hall–Kier alpha value is -2.26. The van der Waals surface area contributed by atoms with Crippen molar-refractivity contribution in [1.82, 2.24) is 15.3 Å². The van der Waals surface area contributed by atoms with Gasteiger partial charge in [0, 0.05) is 23.5 Å². The normalized spacial score (nSPS) is 12.5. The molecule has 0 radical (unpaired) electrons. The Labute approximate surface area is 125 Å². The highest BCUT2D eigenvalue weighted by molar-refractivity contribution is 5.79. The van der Waals surface area contributed by atoms with Crippen molar-refractivity contribution in [3.8, 4) is 0 Å². The van der Waals surface area contributed by atoms with Gasteiger partial charge < -0.3 is 5.32 Å². The van der Waals surface area contributed by atoms with E-state index in [1.54, 1.807) is 0 Å².